The highest BCUT2D eigenvalue weighted by Gasteiger charge is 2.19. The Balaban J connectivity index is 1.36. The number of nitrogen functional groups attached to an aromatic ring is 2. The van der Waals surface area contributed by atoms with Crippen LogP contribution in [0.2, 0.25) is 0 Å². The molecule has 0 bridgehead atoms. The highest BCUT2D eigenvalue weighted by molar-refractivity contribution is 6.10. The van der Waals surface area contributed by atoms with Crippen LogP contribution in [0.25, 0.3) is 0 Å². The summed E-state index contributed by atoms with van der Waals surface area (Å²) in [6, 6.07) is 19.7. The van der Waals surface area contributed by atoms with Crippen molar-refractivity contribution in [3.05, 3.63) is 94.0 Å². The molecule has 3 aromatic rings. The van der Waals surface area contributed by atoms with Crippen LogP contribution in [-0.4, -0.2) is 23.1 Å². The van der Waals surface area contributed by atoms with Gasteiger partial charge >= 0.3 is 0 Å². The number of hydrogen-bond acceptors (Lipinski definition) is 4. The van der Waals surface area contributed by atoms with Crippen molar-refractivity contribution in [1.82, 2.24) is 0 Å². The van der Waals surface area contributed by atoms with Gasteiger partial charge < -0.3 is 11.5 Å². The SMILES string of the molecule is N=C(N)c1ccc2c(c1)CC(c1ccc(C3=Nc4ccc(C(=N)N)cc4C3)cc1)=N2. The van der Waals surface area contributed by atoms with Crippen LogP contribution in [-0.2, 0) is 12.8 Å². The molecular weight excluding hydrogens is 372 g/mol. The van der Waals surface area contributed by atoms with E-state index < -0.39 is 0 Å². The first-order valence-corrected chi connectivity index (χ1v) is 9.68. The van der Waals surface area contributed by atoms with E-state index in [0.29, 0.717) is 0 Å². The van der Waals surface area contributed by atoms with Gasteiger partial charge in [0.05, 0.1) is 22.8 Å². The molecule has 6 heteroatoms. The Hall–Kier alpha value is -4.06. The largest absolute Gasteiger partial charge is 0.384 e. The molecule has 0 saturated heterocycles. The van der Waals surface area contributed by atoms with E-state index in [4.69, 9.17) is 32.3 Å². The summed E-state index contributed by atoms with van der Waals surface area (Å²) < 4.78 is 0. The molecule has 0 atom stereocenters. The predicted octanol–water partition coefficient (Wildman–Crippen LogP) is 3.61. The lowest BCUT2D eigenvalue weighted by molar-refractivity contribution is 1.35. The van der Waals surface area contributed by atoms with Crippen molar-refractivity contribution in [2.45, 2.75) is 12.8 Å². The van der Waals surface area contributed by atoms with Crippen molar-refractivity contribution in [3.63, 3.8) is 0 Å². The Kier molecular flexibility index (Phi) is 4.06. The maximum Gasteiger partial charge on any atom is 0.122 e. The number of nitrogens with one attached hydrogen (secondary N) is 2. The highest BCUT2D eigenvalue weighted by Crippen LogP contribution is 2.32. The van der Waals surface area contributed by atoms with Crippen LogP contribution < -0.4 is 11.5 Å². The molecule has 6 nitrogen and oxygen atoms in total. The average Bonchev–Trinajstić information content (AvgIpc) is 3.36. The van der Waals surface area contributed by atoms with Gasteiger partial charge in [0.15, 0.2) is 0 Å². The number of amidine groups is 2. The fraction of sp³-hybridized carbons (Fsp3) is 0.0833. The van der Waals surface area contributed by atoms with Crippen LogP contribution in [0, 0.1) is 10.8 Å². The van der Waals surface area contributed by atoms with E-state index in [1.165, 1.54) is 0 Å². The third-order valence-electron chi connectivity index (χ3n) is 5.56. The van der Waals surface area contributed by atoms with Crippen LogP contribution in [0.3, 0.4) is 0 Å². The smallest absolute Gasteiger partial charge is 0.122 e. The second-order valence-corrected chi connectivity index (χ2v) is 7.56. The molecule has 5 rings (SSSR count). The molecular formula is C24H20N6. The molecule has 146 valence electrons. The van der Waals surface area contributed by atoms with Gasteiger partial charge in [0.25, 0.3) is 0 Å². The predicted molar refractivity (Wildman–Crippen MR) is 121 cm³/mol. The zero-order valence-electron chi connectivity index (χ0n) is 16.2. The van der Waals surface area contributed by atoms with Gasteiger partial charge in [-0.1, -0.05) is 24.3 Å². The molecule has 30 heavy (non-hydrogen) atoms. The number of rotatable bonds is 4. The minimum atomic E-state index is 0.0735. The Morgan fingerprint density at radius 3 is 1.40 bits per heavy atom. The molecule has 0 aromatic heterocycles. The lowest BCUT2D eigenvalue weighted by Gasteiger charge is -2.05. The lowest BCUT2D eigenvalue weighted by Crippen LogP contribution is -2.11. The molecule has 0 amide bonds. The number of aliphatic imine (C=N–C) groups is 2. The van der Waals surface area contributed by atoms with Crippen molar-refractivity contribution in [1.29, 1.82) is 10.8 Å². The third kappa shape index (κ3) is 3.08. The second kappa shape index (κ2) is 6.77. The summed E-state index contributed by atoms with van der Waals surface area (Å²) in [4.78, 5) is 9.50. The Morgan fingerprint density at radius 1 is 0.633 bits per heavy atom. The quantitative estimate of drug-likeness (QED) is 0.400. The Morgan fingerprint density at radius 2 is 1.03 bits per heavy atom. The number of nitrogens with zero attached hydrogens (tertiary/aromatic N) is 2. The summed E-state index contributed by atoms with van der Waals surface area (Å²) in [6.45, 7) is 0. The molecule has 2 heterocycles. The molecule has 0 aliphatic carbocycles. The topological polar surface area (TPSA) is 124 Å². The van der Waals surface area contributed by atoms with Gasteiger partial charge in [0, 0.05) is 24.0 Å². The molecule has 0 saturated carbocycles. The number of hydrogen-bond donors (Lipinski definition) is 4. The van der Waals surface area contributed by atoms with E-state index in [-0.39, 0.29) is 11.7 Å². The number of fused-ring (bicyclic) bond motifs is 2. The molecule has 0 spiro atoms. The highest BCUT2D eigenvalue weighted by atomic mass is 14.8. The third-order valence-corrected chi connectivity index (χ3v) is 5.56. The normalized spacial score (nSPS) is 14.0. The Labute approximate surface area is 174 Å². The standard InChI is InChI=1S/C24H20N6/c25-23(26)15-5-7-19-17(9-15)11-21(29-19)13-1-2-14(4-3-13)22-12-18-10-16(24(27)28)6-8-20(18)30-22/h1-10H,11-12H2,(H3,25,26)(H3,27,28). The van der Waals surface area contributed by atoms with E-state index in [9.17, 15) is 0 Å². The molecule has 0 fully saturated rings. The maximum absolute atomic E-state index is 7.61. The van der Waals surface area contributed by atoms with Gasteiger partial charge in [-0.3, -0.25) is 20.8 Å². The van der Waals surface area contributed by atoms with Gasteiger partial charge in [0.1, 0.15) is 11.7 Å². The molecule has 3 aromatic carbocycles. The minimum absolute atomic E-state index is 0.0735. The summed E-state index contributed by atoms with van der Waals surface area (Å²) in [5.41, 5.74) is 20.9. The van der Waals surface area contributed by atoms with Crippen LogP contribution in [0.4, 0.5) is 11.4 Å². The van der Waals surface area contributed by atoms with E-state index in [1.807, 2.05) is 36.4 Å². The van der Waals surface area contributed by atoms with Crippen molar-refractivity contribution >= 4 is 34.5 Å². The van der Waals surface area contributed by atoms with Gasteiger partial charge in [-0.05, 0) is 58.7 Å². The first-order valence-electron chi connectivity index (χ1n) is 9.68. The summed E-state index contributed by atoms with van der Waals surface area (Å²) >= 11 is 0. The molecule has 2 aliphatic rings. The molecule has 2 aliphatic heterocycles. The van der Waals surface area contributed by atoms with E-state index >= 15 is 0 Å². The molecule has 0 unspecified atom stereocenters. The van der Waals surface area contributed by atoms with Crippen LogP contribution in [0.15, 0.2) is 70.6 Å². The van der Waals surface area contributed by atoms with E-state index in [2.05, 4.69) is 24.3 Å². The van der Waals surface area contributed by atoms with Crippen LogP contribution >= 0.6 is 0 Å². The fourth-order valence-electron chi connectivity index (χ4n) is 3.93. The van der Waals surface area contributed by atoms with Gasteiger partial charge in [0.2, 0.25) is 0 Å². The number of benzene rings is 3. The first-order chi connectivity index (χ1) is 14.5. The van der Waals surface area contributed by atoms with Crippen molar-refractivity contribution in [3.8, 4) is 0 Å². The summed E-state index contributed by atoms with van der Waals surface area (Å²) in [7, 11) is 0. The lowest BCUT2D eigenvalue weighted by atomic mass is 9.98. The monoisotopic (exact) mass is 392 g/mol. The molecule has 6 N–H and O–H groups in total. The second-order valence-electron chi connectivity index (χ2n) is 7.56. The van der Waals surface area contributed by atoms with E-state index in [1.54, 1.807) is 0 Å². The van der Waals surface area contributed by atoms with Crippen LogP contribution in [0.5, 0.6) is 0 Å². The Bertz CT molecular complexity index is 1180. The maximum atomic E-state index is 7.61. The van der Waals surface area contributed by atoms with E-state index in [0.717, 1.165) is 69.0 Å². The summed E-state index contributed by atoms with van der Waals surface area (Å²) in [5, 5.41) is 15.2. The van der Waals surface area contributed by atoms with Crippen LogP contribution in [0.1, 0.15) is 33.4 Å². The first kappa shape index (κ1) is 18.0. The fourth-order valence-corrected chi connectivity index (χ4v) is 3.93. The van der Waals surface area contributed by atoms with Gasteiger partial charge in [-0.15, -0.1) is 0 Å². The molecule has 0 radical (unpaired) electrons. The summed E-state index contributed by atoms with van der Waals surface area (Å²) in [5.74, 6) is 0.147. The zero-order chi connectivity index (χ0) is 20.8. The zero-order valence-corrected chi connectivity index (χ0v) is 16.2. The van der Waals surface area contributed by atoms with Gasteiger partial charge in [-0.25, -0.2) is 0 Å². The summed E-state index contributed by atoms with van der Waals surface area (Å²) in [6.07, 6.45) is 1.46. The van der Waals surface area contributed by atoms with Crippen molar-refractivity contribution < 1.29 is 0 Å². The van der Waals surface area contributed by atoms with Crippen molar-refractivity contribution in [2.24, 2.45) is 21.5 Å². The van der Waals surface area contributed by atoms with Crippen molar-refractivity contribution in [2.75, 3.05) is 0 Å². The minimum Gasteiger partial charge on any atom is -0.384 e. The van der Waals surface area contributed by atoms with Gasteiger partial charge in [-0.2, -0.15) is 0 Å². The number of nitrogens with two attached hydrogens (primary N) is 2. The average molecular weight is 392 g/mol.